The van der Waals surface area contributed by atoms with Crippen LogP contribution in [0.1, 0.15) is 44.7 Å². The van der Waals surface area contributed by atoms with Crippen LogP contribution in [0.25, 0.3) is 0 Å². The van der Waals surface area contributed by atoms with Crippen molar-refractivity contribution in [2.75, 3.05) is 18.5 Å². The molecule has 0 aromatic carbocycles. The third-order valence-corrected chi connectivity index (χ3v) is 4.44. The molecule has 1 saturated carbocycles. The lowest BCUT2D eigenvalue weighted by Crippen LogP contribution is -2.34. The fourth-order valence-electron chi connectivity index (χ4n) is 2.99. The minimum Gasteiger partial charge on any atom is -0.476 e. The van der Waals surface area contributed by atoms with Crippen molar-refractivity contribution in [2.24, 2.45) is 5.92 Å². The maximum absolute atomic E-state index is 8.20. The van der Waals surface area contributed by atoms with Crippen LogP contribution in [-0.2, 0) is 4.74 Å². The Morgan fingerprint density at radius 1 is 1.38 bits per heavy atom. The molecule has 1 aromatic heterocycles. The van der Waals surface area contributed by atoms with E-state index in [2.05, 4.69) is 27.2 Å². The molecule has 0 radical (unpaired) electrons. The van der Waals surface area contributed by atoms with E-state index in [1.807, 2.05) is 31.2 Å². The molecule has 1 fully saturated rings. The van der Waals surface area contributed by atoms with Crippen molar-refractivity contribution < 1.29 is 4.74 Å². The van der Waals surface area contributed by atoms with E-state index in [-0.39, 0.29) is 12.1 Å². The summed E-state index contributed by atoms with van der Waals surface area (Å²) in [6.07, 6.45) is 17.4. The van der Waals surface area contributed by atoms with E-state index in [0.717, 1.165) is 6.54 Å². The molecule has 0 bridgehead atoms. The second-order valence-corrected chi connectivity index (χ2v) is 6.59. The number of allylic oxidation sites excluding steroid dienone is 4. The number of H-pyrrole nitrogens is 1. The smallest absolute Gasteiger partial charge is 0.234 e. The summed E-state index contributed by atoms with van der Waals surface area (Å²) in [7, 11) is 0. The molecule has 1 aliphatic carbocycles. The molecule has 142 valence electrons. The zero-order valence-corrected chi connectivity index (χ0v) is 15.6. The van der Waals surface area contributed by atoms with Gasteiger partial charge in [0.1, 0.15) is 5.69 Å². The number of hydrogen-bond donors (Lipinski definition) is 4. The van der Waals surface area contributed by atoms with E-state index in [0.29, 0.717) is 24.0 Å². The predicted molar refractivity (Wildman–Crippen MR) is 108 cm³/mol. The normalized spacial score (nSPS) is 16.8. The van der Waals surface area contributed by atoms with Gasteiger partial charge in [-0.1, -0.05) is 56.2 Å². The van der Waals surface area contributed by atoms with Crippen LogP contribution in [0, 0.1) is 11.3 Å². The molecule has 2 rings (SSSR count). The third kappa shape index (κ3) is 6.88. The van der Waals surface area contributed by atoms with Gasteiger partial charge < -0.3 is 15.0 Å². The van der Waals surface area contributed by atoms with E-state index in [1.165, 1.54) is 32.1 Å². The Hall–Kier alpha value is -2.34. The molecule has 1 atom stereocenters. The fraction of sp³-hybridized carbons (Fsp3) is 0.500. The monoisotopic (exact) mass is 357 g/mol. The Labute approximate surface area is 156 Å². The summed E-state index contributed by atoms with van der Waals surface area (Å²) in [5.74, 6) is 1.36. The Bertz CT molecular complexity index is 613. The molecule has 0 saturated heterocycles. The lowest BCUT2D eigenvalue weighted by atomic mass is 9.90. The molecule has 6 heteroatoms. The van der Waals surface area contributed by atoms with Crippen molar-refractivity contribution in [1.82, 2.24) is 15.3 Å². The Morgan fingerprint density at radius 2 is 2.19 bits per heavy atom. The molecule has 1 aliphatic rings. The highest BCUT2D eigenvalue weighted by atomic mass is 16.5. The van der Waals surface area contributed by atoms with Gasteiger partial charge in [0.2, 0.25) is 5.90 Å². The summed E-state index contributed by atoms with van der Waals surface area (Å²) in [5, 5.41) is 14.8. The van der Waals surface area contributed by atoms with Crippen LogP contribution >= 0.6 is 0 Å². The van der Waals surface area contributed by atoms with Gasteiger partial charge >= 0.3 is 0 Å². The number of rotatable bonds is 10. The molecular weight excluding hydrogens is 326 g/mol. The van der Waals surface area contributed by atoms with Gasteiger partial charge in [0.25, 0.3) is 0 Å². The van der Waals surface area contributed by atoms with Crippen molar-refractivity contribution in [1.29, 1.82) is 5.41 Å². The Balaban J connectivity index is 1.77. The lowest BCUT2D eigenvalue weighted by molar-refractivity contribution is 0.198. The van der Waals surface area contributed by atoms with Crippen LogP contribution in [-0.4, -0.2) is 35.2 Å². The highest BCUT2D eigenvalue weighted by Crippen LogP contribution is 2.24. The van der Waals surface area contributed by atoms with Gasteiger partial charge in [0.15, 0.2) is 5.82 Å². The van der Waals surface area contributed by atoms with Gasteiger partial charge in [-0.05, 0) is 25.7 Å². The number of nitrogens with one attached hydrogen (secondary N) is 4. The lowest BCUT2D eigenvalue weighted by Gasteiger charge is -2.22. The number of anilines is 1. The first-order valence-corrected chi connectivity index (χ1v) is 9.40. The molecule has 4 N–H and O–H groups in total. The molecule has 0 amide bonds. The Kier molecular flexibility index (Phi) is 8.69. The minimum absolute atomic E-state index is 0.0104. The molecule has 0 spiro atoms. The first-order chi connectivity index (χ1) is 12.7. The van der Waals surface area contributed by atoms with Crippen LogP contribution in [0.5, 0.6) is 0 Å². The van der Waals surface area contributed by atoms with E-state index in [9.17, 15) is 0 Å². The zero-order valence-electron chi connectivity index (χ0n) is 15.6. The average Bonchev–Trinajstić information content (AvgIpc) is 3.11. The minimum atomic E-state index is 0.0104. The summed E-state index contributed by atoms with van der Waals surface area (Å²) in [6, 6.07) is 0. The SMILES string of the molecule is C=C/C=C\C=C/CNC(C)Nc1nc[nH]c1C(=N)OCC1CCCCC1. The maximum atomic E-state index is 8.20. The van der Waals surface area contributed by atoms with Gasteiger partial charge in [-0.2, -0.15) is 0 Å². The van der Waals surface area contributed by atoms with Crippen LogP contribution in [0.3, 0.4) is 0 Å². The molecule has 6 nitrogen and oxygen atoms in total. The molecular formula is C20H31N5O. The number of imidazole rings is 1. The molecule has 26 heavy (non-hydrogen) atoms. The van der Waals surface area contributed by atoms with E-state index in [1.54, 1.807) is 12.4 Å². The molecule has 1 heterocycles. The summed E-state index contributed by atoms with van der Waals surface area (Å²) in [5.41, 5.74) is 0.596. The van der Waals surface area contributed by atoms with Crippen molar-refractivity contribution in [3.63, 3.8) is 0 Å². The molecule has 1 aromatic rings. The Morgan fingerprint density at radius 3 is 2.96 bits per heavy atom. The van der Waals surface area contributed by atoms with Crippen LogP contribution in [0.4, 0.5) is 5.82 Å². The number of ether oxygens (including phenoxy) is 1. The largest absolute Gasteiger partial charge is 0.476 e. The van der Waals surface area contributed by atoms with E-state index in [4.69, 9.17) is 10.1 Å². The van der Waals surface area contributed by atoms with Gasteiger partial charge in [-0.25, -0.2) is 4.98 Å². The molecule has 0 aliphatic heterocycles. The standard InChI is InChI=1S/C20H31N5O/c1-3-4-5-6-10-13-22-16(2)25-20-18(23-15-24-20)19(21)26-14-17-11-8-7-9-12-17/h3-6,10,15-17,21-22,25H,1,7-9,11-14H2,2H3,(H,23,24)/b5-4-,10-6-,21-19?. The first kappa shape index (κ1) is 20.0. The van der Waals surface area contributed by atoms with Crippen LogP contribution in [0.15, 0.2) is 43.3 Å². The van der Waals surface area contributed by atoms with Gasteiger partial charge in [-0.15, -0.1) is 0 Å². The van der Waals surface area contributed by atoms with Crippen molar-refractivity contribution in [3.05, 3.63) is 49.0 Å². The summed E-state index contributed by atoms with van der Waals surface area (Å²) in [4.78, 5) is 7.28. The number of aromatic amines is 1. The van der Waals surface area contributed by atoms with Gasteiger partial charge in [0, 0.05) is 6.54 Å². The maximum Gasteiger partial charge on any atom is 0.234 e. The summed E-state index contributed by atoms with van der Waals surface area (Å²) >= 11 is 0. The quantitative estimate of drug-likeness (QED) is 0.221. The second kappa shape index (κ2) is 11.3. The highest BCUT2D eigenvalue weighted by Gasteiger charge is 2.18. The first-order valence-electron chi connectivity index (χ1n) is 9.40. The van der Waals surface area contributed by atoms with Crippen molar-refractivity contribution in [3.8, 4) is 0 Å². The summed E-state index contributed by atoms with van der Waals surface area (Å²) < 4.78 is 5.71. The average molecular weight is 358 g/mol. The second-order valence-electron chi connectivity index (χ2n) is 6.59. The highest BCUT2D eigenvalue weighted by molar-refractivity contribution is 5.94. The molecule has 1 unspecified atom stereocenters. The van der Waals surface area contributed by atoms with Crippen molar-refractivity contribution >= 4 is 11.7 Å². The third-order valence-electron chi connectivity index (χ3n) is 4.44. The number of hydrogen-bond acceptors (Lipinski definition) is 5. The fourth-order valence-corrected chi connectivity index (χ4v) is 2.99. The van der Waals surface area contributed by atoms with Gasteiger partial charge in [0.05, 0.1) is 19.1 Å². The van der Waals surface area contributed by atoms with E-state index < -0.39 is 0 Å². The van der Waals surface area contributed by atoms with Crippen LogP contribution < -0.4 is 10.6 Å². The van der Waals surface area contributed by atoms with Gasteiger partial charge in [-0.3, -0.25) is 10.7 Å². The van der Waals surface area contributed by atoms with E-state index >= 15 is 0 Å². The van der Waals surface area contributed by atoms with Crippen molar-refractivity contribution in [2.45, 2.75) is 45.2 Å². The predicted octanol–water partition coefficient (Wildman–Crippen LogP) is 3.98. The summed E-state index contributed by atoms with van der Waals surface area (Å²) in [6.45, 7) is 6.99. The zero-order chi connectivity index (χ0) is 18.6. The number of aromatic nitrogens is 2. The topological polar surface area (TPSA) is 85.8 Å². The number of nitrogens with zero attached hydrogens (tertiary/aromatic N) is 1. The van der Waals surface area contributed by atoms with Crippen LogP contribution in [0.2, 0.25) is 0 Å².